The quantitative estimate of drug-likeness (QED) is 0.591. The van der Waals surface area contributed by atoms with E-state index in [9.17, 15) is 8.78 Å². The summed E-state index contributed by atoms with van der Waals surface area (Å²) in [4.78, 5) is 3.66. The van der Waals surface area contributed by atoms with E-state index in [1.54, 1.807) is 0 Å². The second kappa shape index (κ2) is 2.79. The molecule has 2 rings (SSSR count). The molecule has 0 aliphatic carbocycles. The van der Waals surface area contributed by atoms with Crippen LogP contribution in [-0.2, 0) is 13.0 Å². The molecule has 0 bridgehead atoms. The Kier molecular flexibility index (Phi) is 1.77. The largest absolute Gasteiger partial charge is 0.283 e. The molecule has 1 aromatic heterocycles. The number of hydrogen-bond acceptors (Lipinski definition) is 2. The third-order valence-corrected chi connectivity index (χ3v) is 1.99. The number of fused-ring (bicyclic) bond motifs is 1. The number of aromatic nitrogens is 1. The van der Waals surface area contributed by atoms with Gasteiger partial charge in [0.25, 0.3) is 0 Å². The predicted octanol–water partition coefficient (Wildman–Crippen LogP) is 1.16. The van der Waals surface area contributed by atoms with Crippen molar-refractivity contribution >= 4 is 0 Å². The molecule has 2 nitrogen and oxygen atoms in total. The van der Waals surface area contributed by atoms with Crippen LogP contribution in [0.5, 0.6) is 0 Å². The van der Waals surface area contributed by atoms with Gasteiger partial charge in [0.1, 0.15) is 5.82 Å². The molecule has 0 amide bonds. The van der Waals surface area contributed by atoms with Gasteiger partial charge in [-0.1, -0.05) is 0 Å². The monoisotopic (exact) mass is 170 g/mol. The van der Waals surface area contributed by atoms with Gasteiger partial charge in [0.05, 0.1) is 6.20 Å². The van der Waals surface area contributed by atoms with E-state index in [-0.39, 0.29) is 18.8 Å². The molecule has 1 aliphatic rings. The van der Waals surface area contributed by atoms with Gasteiger partial charge in [-0.15, -0.1) is 0 Å². The minimum atomic E-state index is -1.07. The lowest BCUT2D eigenvalue weighted by atomic mass is 10.0. The number of rotatable bonds is 0. The number of pyridine rings is 1. The lowest BCUT2D eigenvalue weighted by Crippen LogP contribution is -2.32. The Morgan fingerprint density at radius 3 is 3.17 bits per heavy atom. The van der Waals surface area contributed by atoms with Crippen LogP contribution in [0.4, 0.5) is 8.78 Å². The van der Waals surface area contributed by atoms with Crippen LogP contribution in [-0.4, -0.2) is 11.3 Å². The lowest BCUT2D eigenvalue weighted by molar-refractivity contribution is 0.255. The third kappa shape index (κ3) is 1.18. The standard InChI is InChI=1S/C8H8F2N2/c9-7-4-11-2-5-1-8(10)12-3-6(5)7/h2,4,8,12H,1,3H2/t8-/m1/s1. The molecule has 1 aliphatic heterocycles. The average Bonchev–Trinajstić information content (AvgIpc) is 2.04. The summed E-state index contributed by atoms with van der Waals surface area (Å²) < 4.78 is 25.7. The zero-order valence-corrected chi connectivity index (χ0v) is 6.35. The minimum Gasteiger partial charge on any atom is -0.283 e. The first kappa shape index (κ1) is 7.61. The van der Waals surface area contributed by atoms with E-state index in [0.29, 0.717) is 11.1 Å². The molecule has 0 saturated heterocycles. The Hall–Kier alpha value is -1.03. The van der Waals surface area contributed by atoms with Crippen LogP contribution in [0.1, 0.15) is 11.1 Å². The molecule has 12 heavy (non-hydrogen) atoms. The van der Waals surface area contributed by atoms with Gasteiger partial charge in [0.2, 0.25) is 0 Å². The van der Waals surface area contributed by atoms with Crippen LogP contribution in [0.2, 0.25) is 0 Å². The molecule has 1 aromatic rings. The topological polar surface area (TPSA) is 24.9 Å². The van der Waals surface area contributed by atoms with E-state index in [1.165, 1.54) is 6.20 Å². The first-order valence-electron chi connectivity index (χ1n) is 3.76. The predicted molar refractivity (Wildman–Crippen MR) is 39.6 cm³/mol. The molecular formula is C8H8F2N2. The second-order valence-electron chi connectivity index (χ2n) is 2.81. The van der Waals surface area contributed by atoms with Crippen molar-refractivity contribution < 1.29 is 8.78 Å². The van der Waals surface area contributed by atoms with E-state index >= 15 is 0 Å². The van der Waals surface area contributed by atoms with Crippen LogP contribution in [0, 0.1) is 5.82 Å². The Morgan fingerprint density at radius 2 is 2.33 bits per heavy atom. The first-order chi connectivity index (χ1) is 5.77. The number of hydrogen-bond donors (Lipinski definition) is 1. The molecule has 1 atom stereocenters. The molecule has 64 valence electrons. The highest BCUT2D eigenvalue weighted by molar-refractivity contribution is 5.27. The number of nitrogens with one attached hydrogen (secondary N) is 1. The highest BCUT2D eigenvalue weighted by atomic mass is 19.1. The summed E-state index contributed by atoms with van der Waals surface area (Å²) in [6.45, 7) is 0.255. The Labute approximate surface area is 68.6 Å². The summed E-state index contributed by atoms with van der Waals surface area (Å²) in [6.07, 6.45) is 1.81. The molecule has 2 heterocycles. The lowest BCUT2D eigenvalue weighted by Gasteiger charge is -2.19. The zero-order valence-electron chi connectivity index (χ0n) is 6.35. The maximum Gasteiger partial charge on any atom is 0.155 e. The third-order valence-electron chi connectivity index (χ3n) is 1.99. The van der Waals surface area contributed by atoms with Crippen molar-refractivity contribution in [1.29, 1.82) is 0 Å². The van der Waals surface area contributed by atoms with E-state index in [2.05, 4.69) is 10.3 Å². The van der Waals surface area contributed by atoms with Crippen molar-refractivity contribution in [3.05, 3.63) is 29.3 Å². The fourth-order valence-electron chi connectivity index (χ4n) is 1.35. The molecule has 1 N–H and O–H groups in total. The van der Waals surface area contributed by atoms with E-state index in [4.69, 9.17) is 0 Å². The normalized spacial score (nSPS) is 22.0. The maximum atomic E-state index is 13.0. The maximum absolute atomic E-state index is 13.0. The van der Waals surface area contributed by atoms with Crippen molar-refractivity contribution in [2.45, 2.75) is 19.3 Å². The van der Waals surface area contributed by atoms with Gasteiger partial charge < -0.3 is 0 Å². The van der Waals surface area contributed by atoms with E-state index < -0.39 is 6.30 Å². The van der Waals surface area contributed by atoms with Crippen LogP contribution >= 0.6 is 0 Å². The smallest absolute Gasteiger partial charge is 0.155 e. The van der Waals surface area contributed by atoms with Crippen LogP contribution in [0.25, 0.3) is 0 Å². The Morgan fingerprint density at radius 1 is 1.50 bits per heavy atom. The number of nitrogens with zero attached hydrogens (tertiary/aromatic N) is 1. The second-order valence-corrected chi connectivity index (χ2v) is 2.81. The summed E-state index contributed by atoms with van der Waals surface area (Å²) in [6, 6.07) is 0. The van der Waals surface area contributed by atoms with Gasteiger partial charge >= 0.3 is 0 Å². The highest BCUT2D eigenvalue weighted by Gasteiger charge is 2.19. The van der Waals surface area contributed by atoms with Crippen molar-refractivity contribution in [2.75, 3.05) is 0 Å². The van der Waals surface area contributed by atoms with Crippen LogP contribution in [0.15, 0.2) is 12.4 Å². The highest BCUT2D eigenvalue weighted by Crippen LogP contribution is 2.18. The summed E-state index contributed by atoms with van der Waals surface area (Å²) in [7, 11) is 0. The van der Waals surface area contributed by atoms with Gasteiger partial charge in [0.15, 0.2) is 6.30 Å². The summed E-state index contributed by atoms with van der Waals surface area (Å²) in [5.41, 5.74) is 1.21. The first-order valence-corrected chi connectivity index (χ1v) is 3.76. The van der Waals surface area contributed by atoms with Gasteiger partial charge in [-0.05, 0) is 5.56 Å². The summed E-state index contributed by atoms with van der Waals surface area (Å²) in [5.74, 6) is -0.355. The molecule has 4 heteroatoms. The molecular weight excluding hydrogens is 162 g/mol. The number of alkyl halides is 1. The van der Waals surface area contributed by atoms with Crippen LogP contribution < -0.4 is 5.32 Å². The number of halogens is 2. The van der Waals surface area contributed by atoms with Crippen molar-refractivity contribution in [1.82, 2.24) is 10.3 Å². The van der Waals surface area contributed by atoms with E-state index in [0.717, 1.165) is 6.20 Å². The van der Waals surface area contributed by atoms with Crippen molar-refractivity contribution in [3.63, 3.8) is 0 Å². The molecule has 0 aromatic carbocycles. The van der Waals surface area contributed by atoms with Crippen molar-refractivity contribution in [2.24, 2.45) is 0 Å². The minimum absolute atomic E-state index is 0.208. The van der Waals surface area contributed by atoms with Gasteiger partial charge in [-0.2, -0.15) is 0 Å². The molecule has 0 spiro atoms. The Bertz CT molecular complexity index is 301. The van der Waals surface area contributed by atoms with Gasteiger partial charge in [0, 0.05) is 24.7 Å². The van der Waals surface area contributed by atoms with Gasteiger partial charge in [-0.3, -0.25) is 10.3 Å². The van der Waals surface area contributed by atoms with E-state index in [1.807, 2.05) is 0 Å². The molecule has 0 unspecified atom stereocenters. The zero-order chi connectivity index (χ0) is 8.55. The van der Waals surface area contributed by atoms with Crippen LogP contribution in [0.3, 0.4) is 0 Å². The van der Waals surface area contributed by atoms with Crippen molar-refractivity contribution in [3.8, 4) is 0 Å². The fraction of sp³-hybridized carbons (Fsp3) is 0.375. The molecule has 0 saturated carbocycles. The summed E-state index contributed by atoms with van der Waals surface area (Å²) in [5, 5.41) is 2.54. The molecule has 0 radical (unpaired) electrons. The summed E-state index contributed by atoms with van der Waals surface area (Å²) >= 11 is 0. The van der Waals surface area contributed by atoms with Gasteiger partial charge in [-0.25, -0.2) is 8.78 Å². The fourth-order valence-corrected chi connectivity index (χ4v) is 1.35. The average molecular weight is 170 g/mol. The SMILES string of the molecule is Fc1cncc2c1CN[C@@H](F)C2. The molecule has 0 fully saturated rings. The Balaban J connectivity index is 2.42.